The van der Waals surface area contributed by atoms with Crippen LogP contribution in [0.1, 0.15) is 39.8 Å². The van der Waals surface area contributed by atoms with E-state index in [4.69, 9.17) is 0 Å². The Balaban J connectivity index is 1.90. The van der Waals surface area contributed by atoms with Gasteiger partial charge in [0.25, 0.3) is 5.91 Å². The fourth-order valence-corrected chi connectivity index (χ4v) is 2.72. The second-order valence-corrected chi connectivity index (χ2v) is 5.43. The van der Waals surface area contributed by atoms with E-state index >= 15 is 0 Å². The maximum absolute atomic E-state index is 13.6. The van der Waals surface area contributed by atoms with E-state index < -0.39 is 11.7 Å². The SMILES string of the molecule is C[C@H]1CC(=O)c2c(C(=O)Nc3ccccc3F)c[nH]c2C1. The predicted octanol–water partition coefficient (Wildman–Crippen LogP) is 3.17. The summed E-state index contributed by atoms with van der Waals surface area (Å²) < 4.78 is 13.6. The molecule has 0 saturated heterocycles. The number of rotatable bonds is 2. The highest BCUT2D eigenvalue weighted by molar-refractivity contribution is 6.13. The number of benzene rings is 1. The number of fused-ring (bicyclic) bond motifs is 1. The summed E-state index contributed by atoms with van der Waals surface area (Å²) in [7, 11) is 0. The minimum Gasteiger partial charge on any atom is -0.364 e. The third-order valence-corrected chi connectivity index (χ3v) is 3.69. The van der Waals surface area contributed by atoms with E-state index in [0.717, 1.165) is 12.1 Å². The molecule has 0 aliphatic heterocycles. The Morgan fingerprint density at radius 3 is 2.86 bits per heavy atom. The summed E-state index contributed by atoms with van der Waals surface area (Å²) in [6, 6.07) is 5.94. The third kappa shape index (κ3) is 2.46. The molecule has 3 rings (SSSR count). The molecule has 5 heteroatoms. The molecule has 0 radical (unpaired) electrons. The van der Waals surface area contributed by atoms with E-state index in [1.165, 1.54) is 18.3 Å². The number of nitrogens with one attached hydrogen (secondary N) is 2. The maximum atomic E-state index is 13.6. The second kappa shape index (κ2) is 5.16. The molecule has 1 aliphatic carbocycles. The molecule has 1 heterocycles. The lowest BCUT2D eigenvalue weighted by Crippen LogP contribution is -2.21. The molecule has 21 heavy (non-hydrogen) atoms. The standard InChI is InChI=1S/C16H15FN2O2/c1-9-6-13-15(14(20)7-9)10(8-18-13)16(21)19-12-5-3-2-4-11(12)17/h2-5,8-9,18H,6-7H2,1H3,(H,19,21)/t9-/m1/s1. The zero-order valence-electron chi connectivity index (χ0n) is 11.6. The molecule has 1 atom stereocenters. The third-order valence-electron chi connectivity index (χ3n) is 3.69. The van der Waals surface area contributed by atoms with Gasteiger partial charge in [0.1, 0.15) is 5.82 Å². The molecule has 0 saturated carbocycles. The van der Waals surface area contributed by atoms with Gasteiger partial charge in [-0.1, -0.05) is 19.1 Å². The van der Waals surface area contributed by atoms with Crippen molar-refractivity contribution in [3.05, 3.63) is 53.1 Å². The maximum Gasteiger partial charge on any atom is 0.258 e. The first-order chi connectivity index (χ1) is 10.1. The first kappa shape index (κ1) is 13.5. The summed E-state index contributed by atoms with van der Waals surface area (Å²) in [5, 5.41) is 2.51. The molecule has 2 aromatic rings. The van der Waals surface area contributed by atoms with Crippen molar-refractivity contribution in [2.24, 2.45) is 5.92 Å². The van der Waals surface area contributed by atoms with Gasteiger partial charge in [-0.3, -0.25) is 9.59 Å². The van der Waals surface area contributed by atoms with Gasteiger partial charge in [-0.05, 0) is 24.5 Å². The number of halogens is 1. The van der Waals surface area contributed by atoms with Crippen LogP contribution in [-0.2, 0) is 6.42 Å². The van der Waals surface area contributed by atoms with Crippen molar-refractivity contribution in [2.75, 3.05) is 5.32 Å². The van der Waals surface area contributed by atoms with Crippen LogP contribution in [0.3, 0.4) is 0 Å². The number of H-pyrrole nitrogens is 1. The van der Waals surface area contributed by atoms with Crippen molar-refractivity contribution in [2.45, 2.75) is 19.8 Å². The Hall–Kier alpha value is -2.43. The van der Waals surface area contributed by atoms with Crippen LogP contribution in [0.2, 0.25) is 0 Å². The van der Waals surface area contributed by atoms with Crippen LogP contribution in [0.5, 0.6) is 0 Å². The van der Waals surface area contributed by atoms with Crippen LogP contribution in [0.15, 0.2) is 30.5 Å². The Kier molecular flexibility index (Phi) is 3.33. The minimum absolute atomic E-state index is 0.0383. The molecule has 1 aliphatic rings. The zero-order valence-corrected chi connectivity index (χ0v) is 11.6. The normalized spacial score (nSPS) is 17.4. The summed E-state index contributed by atoms with van der Waals surface area (Å²) >= 11 is 0. The molecule has 108 valence electrons. The molecule has 0 fully saturated rings. The van der Waals surface area contributed by atoms with Crippen LogP contribution in [0.25, 0.3) is 0 Å². The lowest BCUT2D eigenvalue weighted by atomic mass is 9.86. The largest absolute Gasteiger partial charge is 0.364 e. The topological polar surface area (TPSA) is 62.0 Å². The number of para-hydroxylation sites is 1. The van der Waals surface area contributed by atoms with Gasteiger partial charge in [0.05, 0.1) is 16.8 Å². The quantitative estimate of drug-likeness (QED) is 0.890. The number of aromatic nitrogens is 1. The Bertz CT molecular complexity index is 721. The van der Waals surface area contributed by atoms with E-state index in [1.807, 2.05) is 6.92 Å². The molecule has 4 nitrogen and oxygen atoms in total. The van der Waals surface area contributed by atoms with Crippen molar-refractivity contribution >= 4 is 17.4 Å². The van der Waals surface area contributed by atoms with Gasteiger partial charge >= 0.3 is 0 Å². The van der Waals surface area contributed by atoms with Gasteiger partial charge in [0.15, 0.2) is 5.78 Å². The monoisotopic (exact) mass is 286 g/mol. The highest BCUT2D eigenvalue weighted by Gasteiger charge is 2.29. The van der Waals surface area contributed by atoms with Crippen molar-refractivity contribution in [3.63, 3.8) is 0 Å². The van der Waals surface area contributed by atoms with E-state index in [2.05, 4.69) is 10.3 Å². The van der Waals surface area contributed by atoms with Crippen molar-refractivity contribution < 1.29 is 14.0 Å². The van der Waals surface area contributed by atoms with E-state index in [-0.39, 0.29) is 23.0 Å². The fraction of sp³-hybridized carbons (Fsp3) is 0.250. The number of aromatic amines is 1. The van der Waals surface area contributed by atoms with Crippen molar-refractivity contribution in [1.82, 2.24) is 4.98 Å². The highest BCUT2D eigenvalue weighted by Crippen LogP contribution is 2.28. The second-order valence-electron chi connectivity index (χ2n) is 5.43. The molecule has 0 bridgehead atoms. The molecule has 1 aromatic carbocycles. The lowest BCUT2D eigenvalue weighted by Gasteiger charge is -2.17. The predicted molar refractivity (Wildman–Crippen MR) is 77.0 cm³/mol. The summed E-state index contributed by atoms with van der Waals surface area (Å²) in [5.41, 5.74) is 1.62. The van der Waals surface area contributed by atoms with Gasteiger partial charge in [-0.15, -0.1) is 0 Å². The molecule has 2 N–H and O–H groups in total. The van der Waals surface area contributed by atoms with E-state index in [1.54, 1.807) is 12.1 Å². The summed E-state index contributed by atoms with van der Waals surface area (Å²) in [5.74, 6) is -0.745. The Morgan fingerprint density at radius 1 is 1.33 bits per heavy atom. The Morgan fingerprint density at radius 2 is 2.10 bits per heavy atom. The highest BCUT2D eigenvalue weighted by atomic mass is 19.1. The molecular weight excluding hydrogens is 271 g/mol. The van der Waals surface area contributed by atoms with Crippen molar-refractivity contribution in [1.29, 1.82) is 0 Å². The number of carbonyl (C=O) groups is 2. The van der Waals surface area contributed by atoms with E-state index in [9.17, 15) is 14.0 Å². The molecule has 0 spiro atoms. The van der Waals surface area contributed by atoms with Gasteiger partial charge < -0.3 is 10.3 Å². The number of amides is 1. The first-order valence-corrected chi connectivity index (χ1v) is 6.85. The number of hydrogen-bond acceptors (Lipinski definition) is 2. The van der Waals surface area contributed by atoms with E-state index in [0.29, 0.717) is 12.0 Å². The van der Waals surface area contributed by atoms with Gasteiger partial charge in [0.2, 0.25) is 0 Å². The Labute approximate surface area is 121 Å². The van der Waals surface area contributed by atoms with Crippen LogP contribution in [0, 0.1) is 11.7 Å². The number of anilines is 1. The van der Waals surface area contributed by atoms with Crippen molar-refractivity contribution in [3.8, 4) is 0 Å². The van der Waals surface area contributed by atoms with Crippen LogP contribution < -0.4 is 5.32 Å². The van der Waals surface area contributed by atoms with Crippen LogP contribution in [-0.4, -0.2) is 16.7 Å². The van der Waals surface area contributed by atoms with Gasteiger partial charge in [-0.25, -0.2) is 4.39 Å². The number of Topliss-reactive ketones (excluding diaryl/α,β-unsaturated/α-hetero) is 1. The van der Waals surface area contributed by atoms with Gasteiger partial charge in [0, 0.05) is 18.3 Å². The summed E-state index contributed by atoms with van der Waals surface area (Å²) in [4.78, 5) is 27.4. The molecular formula is C16H15FN2O2. The van der Waals surface area contributed by atoms with Crippen LogP contribution in [0.4, 0.5) is 10.1 Å². The zero-order chi connectivity index (χ0) is 15.0. The summed E-state index contributed by atoms with van der Waals surface area (Å²) in [6.07, 6.45) is 2.70. The first-order valence-electron chi connectivity index (χ1n) is 6.85. The fourth-order valence-electron chi connectivity index (χ4n) is 2.72. The number of carbonyl (C=O) groups excluding carboxylic acids is 2. The number of hydrogen-bond donors (Lipinski definition) is 2. The summed E-state index contributed by atoms with van der Waals surface area (Å²) in [6.45, 7) is 2.00. The van der Waals surface area contributed by atoms with Gasteiger partial charge in [-0.2, -0.15) is 0 Å². The minimum atomic E-state index is -0.504. The molecule has 1 amide bonds. The smallest absolute Gasteiger partial charge is 0.258 e. The average Bonchev–Trinajstić information content (AvgIpc) is 2.85. The lowest BCUT2D eigenvalue weighted by molar-refractivity contribution is 0.0940. The number of ketones is 1. The van der Waals surface area contributed by atoms with Crippen LogP contribution >= 0.6 is 0 Å². The molecule has 0 unspecified atom stereocenters. The molecule has 1 aromatic heterocycles. The average molecular weight is 286 g/mol.